The van der Waals surface area contributed by atoms with E-state index in [1.807, 2.05) is 24.3 Å². The van der Waals surface area contributed by atoms with Crippen molar-refractivity contribution in [3.05, 3.63) is 51.5 Å². The van der Waals surface area contributed by atoms with E-state index in [2.05, 4.69) is 10.3 Å². The number of thiazole rings is 1. The van der Waals surface area contributed by atoms with Crippen molar-refractivity contribution in [3.8, 4) is 5.75 Å². The van der Waals surface area contributed by atoms with Gasteiger partial charge in [0.1, 0.15) is 17.4 Å². The fourth-order valence-corrected chi connectivity index (χ4v) is 3.50. The van der Waals surface area contributed by atoms with E-state index in [1.54, 1.807) is 23.5 Å². The molecule has 7 heteroatoms. The highest BCUT2D eigenvalue weighted by Crippen LogP contribution is 2.35. The molecule has 4 nitrogen and oxygen atoms in total. The van der Waals surface area contributed by atoms with Gasteiger partial charge >= 0.3 is 0 Å². The monoisotopic (exact) mass is 366 g/mol. The zero-order valence-electron chi connectivity index (χ0n) is 12.1. The van der Waals surface area contributed by atoms with Crippen LogP contribution in [0.25, 0.3) is 10.2 Å². The molecular formula is C16H12Cl2N2O2S. The zero-order chi connectivity index (χ0) is 16.4. The van der Waals surface area contributed by atoms with Gasteiger partial charge in [0.15, 0.2) is 0 Å². The highest BCUT2D eigenvalue weighted by molar-refractivity contribution is 7.18. The molecule has 1 aromatic heterocycles. The molecule has 2 aromatic carbocycles. The standard InChI is InChI=1S/C16H12Cl2N2O2S/c1-9(21)19-16-11(17)6-10(7-12(16)18)22-8-15-20-13-4-2-3-5-14(13)23-15/h2-7H,8H2,1H3,(H,19,21). The van der Waals surface area contributed by atoms with Gasteiger partial charge in [-0.15, -0.1) is 11.3 Å². The van der Waals surface area contributed by atoms with Crippen molar-refractivity contribution in [2.45, 2.75) is 13.5 Å². The Labute approximate surface area is 147 Å². The predicted molar refractivity (Wildman–Crippen MR) is 94.7 cm³/mol. The normalized spacial score (nSPS) is 10.7. The fraction of sp³-hybridized carbons (Fsp3) is 0.125. The molecule has 3 rings (SSSR count). The summed E-state index contributed by atoms with van der Waals surface area (Å²) in [6.07, 6.45) is 0. The van der Waals surface area contributed by atoms with E-state index in [9.17, 15) is 4.79 Å². The Balaban J connectivity index is 1.76. The van der Waals surface area contributed by atoms with Crippen LogP contribution in [0.5, 0.6) is 5.75 Å². The van der Waals surface area contributed by atoms with Crippen LogP contribution in [0.3, 0.4) is 0 Å². The van der Waals surface area contributed by atoms with Crippen LogP contribution in [0.2, 0.25) is 10.0 Å². The Morgan fingerprint density at radius 3 is 2.61 bits per heavy atom. The number of benzene rings is 2. The molecule has 0 aliphatic heterocycles. The lowest BCUT2D eigenvalue weighted by Gasteiger charge is -2.10. The van der Waals surface area contributed by atoms with E-state index in [-0.39, 0.29) is 5.91 Å². The number of rotatable bonds is 4. The Morgan fingerprint density at radius 2 is 1.96 bits per heavy atom. The Morgan fingerprint density at radius 1 is 1.26 bits per heavy atom. The lowest BCUT2D eigenvalue weighted by molar-refractivity contribution is -0.114. The van der Waals surface area contributed by atoms with E-state index in [4.69, 9.17) is 27.9 Å². The van der Waals surface area contributed by atoms with Gasteiger partial charge in [0.25, 0.3) is 0 Å². The van der Waals surface area contributed by atoms with Crippen molar-refractivity contribution < 1.29 is 9.53 Å². The van der Waals surface area contributed by atoms with Crippen LogP contribution in [-0.4, -0.2) is 10.9 Å². The fourth-order valence-electron chi connectivity index (χ4n) is 2.06. The van der Waals surface area contributed by atoms with E-state index in [1.165, 1.54) is 6.92 Å². The molecule has 0 fully saturated rings. The molecule has 118 valence electrons. The van der Waals surface area contributed by atoms with Crippen LogP contribution in [0.4, 0.5) is 5.69 Å². The summed E-state index contributed by atoms with van der Waals surface area (Å²) in [5, 5.41) is 4.11. The summed E-state index contributed by atoms with van der Waals surface area (Å²) in [6.45, 7) is 1.72. The molecule has 3 aromatic rings. The van der Waals surface area contributed by atoms with Gasteiger partial charge in [0.2, 0.25) is 5.91 Å². The second kappa shape index (κ2) is 6.74. The van der Waals surface area contributed by atoms with Gasteiger partial charge in [-0.3, -0.25) is 4.79 Å². The number of carbonyl (C=O) groups excluding carboxylic acids is 1. The number of aromatic nitrogens is 1. The van der Waals surface area contributed by atoms with E-state index in [0.29, 0.717) is 28.1 Å². The highest BCUT2D eigenvalue weighted by atomic mass is 35.5. The molecule has 0 radical (unpaired) electrons. The largest absolute Gasteiger partial charge is 0.486 e. The lowest BCUT2D eigenvalue weighted by Crippen LogP contribution is -2.07. The topological polar surface area (TPSA) is 51.2 Å². The van der Waals surface area contributed by atoms with Crippen LogP contribution in [0.15, 0.2) is 36.4 Å². The first-order valence-electron chi connectivity index (χ1n) is 6.77. The number of amides is 1. The number of nitrogens with zero attached hydrogens (tertiary/aromatic N) is 1. The van der Waals surface area contributed by atoms with E-state index >= 15 is 0 Å². The summed E-state index contributed by atoms with van der Waals surface area (Å²) in [5.41, 5.74) is 1.33. The molecular weight excluding hydrogens is 355 g/mol. The maximum absolute atomic E-state index is 11.1. The number of hydrogen-bond donors (Lipinski definition) is 1. The van der Waals surface area contributed by atoms with Crippen LogP contribution in [0, 0.1) is 0 Å². The van der Waals surface area contributed by atoms with Crippen molar-refractivity contribution in [2.75, 3.05) is 5.32 Å². The quantitative estimate of drug-likeness (QED) is 0.695. The average Bonchev–Trinajstić information content (AvgIpc) is 2.91. The molecule has 0 bridgehead atoms. The zero-order valence-corrected chi connectivity index (χ0v) is 14.4. The Kier molecular flexibility index (Phi) is 4.71. The Hall–Kier alpha value is -1.82. The third-order valence-corrected chi connectivity index (χ3v) is 4.62. The van der Waals surface area contributed by atoms with Gasteiger partial charge in [0.05, 0.1) is 25.9 Å². The number of para-hydroxylation sites is 1. The van der Waals surface area contributed by atoms with Crippen molar-refractivity contribution in [3.63, 3.8) is 0 Å². The summed E-state index contributed by atoms with van der Waals surface area (Å²) in [4.78, 5) is 15.6. The first kappa shape index (κ1) is 16.1. The van der Waals surface area contributed by atoms with Crippen molar-refractivity contribution in [1.29, 1.82) is 0 Å². The first-order chi connectivity index (χ1) is 11.0. The van der Waals surface area contributed by atoms with Crippen molar-refractivity contribution in [2.24, 2.45) is 0 Å². The number of hydrogen-bond acceptors (Lipinski definition) is 4. The van der Waals surface area contributed by atoms with E-state index < -0.39 is 0 Å². The van der Waals surface area contributed by atoms with Gasteiger partial charge in [-0.2, -0.15) is 0 Å². The molecule has 0 saturated carbocycles. The molecule has 1 amide bonds. The molecule has 0 spiro atoms. The molecule has 23 heavy (non-hydrogen) atoms. The minimum Gasteiger partial charge on any atom is -0.486 e. The van der Waals surface area contributed by atoms with Gasteiger partial charge in [-0.05, 0) is 12.1 Å². The third-order valence-electron chi connectivity index (χ3n) is 3.02. The molecule has 0 unspecified atom stereocenters. The summed E-state index contributed by atoms with van der Waals surface area (Å²) < 4.78 is 6.82. The minimum atomic E-state index is -0.239. The number of halogens is 2. The predicted octanol–water partition coefficient (Wildman–Crippen LogP) is 5.14. The molecule has 1 N–H and O–H groups in total. The number of nitrogens with one attached hydrogen (secondary N) is 1. The maximum Gasteiger partial charge on any atom is 0.221 e. The summed E-state index contributed by atoms with van der Waals surface area (Å²) in [7, 11) is 0. The van der Waals surface area contributed by atoms with Gasteiger partial charge < -0.3 is 10.1 Å². The summed E-state index contributed by atoms with van der Waals surface area (Å²) in [6, 6.07) is 11.1. The minimum absolute atomic E-state index is 0.239. The molecule has 1 heterocycles. The van der Waals surface area contributed by atoms with Crippen LogP contribution in [-0.2, 0) is 11.4 Å². The van der Waals surface area contributed by atoms with Gasteiger partial charge in [-0.1, -0.05) is 35.3 Å². The Bertz CT molecular complexity index is 823. The number of ether oxygens (including phenoxy) is 1. The molecule has 0 aliphatic rings. The second-order valence-corrected chi connectivity index (χ2v) is 6.74. The number of carbonyl (C=O) groups is 1. The molecule has 0 atom stereocenters. The van der Waals surface area contributed by atoms with Gasteiger partial charge in [0, 0.05) is 19.1 Å². The highest BCUT2D eigenvalue weighted by Gasteiger charge is 2.11. The average molecular weight is 367 g/mol. The second-order valence-electron chi connectivity index (χ2n) is 4.81. The number of anilines is 1. The molecule has 0 aliphatic carbocycles. The van der Waals surface area contributed by atoms with Crippen LogP contribution >= 0.6 is 34.5 Å². The molecule has 0 saturated heterocycles. The van der Waals surface area contributed by atoms with Gasteiger partial charge in [-0.25, -0.2) is 4.98 Å². The van der Waals surface area contributed by atoms with Crippen LogP contribution < -0.4 is 10.1 Å². The number of fused-ring (bicyclic) bond motifs is 1. The lowest BCUT2D eigenvalue weighted by atomic mass is 10.3. The maximum atomic E-state index is 11.1. The SMILES string of the molecule is CC(=O)Nc1c(Cl)cc(OCc2nc3ccccc3s2)cc1Cl. The summed E-state index contributed by atoms with van der Waals surface area (Å²) in [5.74, 6) is 0.283. The first-order valence-corrected chi connectivity index (χ1v) is 8.34. The third kappa shape index (κ3) is 3.75. The smallest absolute Gasteiger partial charge is 0.221 e. The van der Waals surface area contributed by atoms with E-state index in [0.717, 1.165) is 15.2 Å². The van der Waals surface area contributed by atoms with Crippen LogP contribution in [0.1, 0.15) is 11.9 Å². The van der Waals surface area contributed by atoms with Crippen molar-refractivity contribution in [1.82, 2.24) is 4.98 Å². The summed E-state index contributed by atoms with van der Waals surface area (Å²) >= 11 is 13.8. The van der Waals surface area contributed by atoms with Crippen molar-refractivity contribution >= 4 is 56.3 Å².